The molecule has 0 atom stereocenters. The van der Waals surface area contributed by atoms with Gasteiger partial charge in [-0.1, -0.05) is 31.2 Å². The van der Waals surface area contributed by atoms with Crippen LogP contribution in [-0.2, 0) is 13.2 Å². The molecule has 0 fully saturated rings. The summed E-state index contributed by atoms with van der Waals surface area (Å²) in [4.78, 5) is 10.2. The molecule has 0 aliphatic carbocycles. The Morgan fingerprint density at radius 3 is 2.50 bits per heavy atom. The summed E-state index contributed by atoms with van der Waals surface area (Å²) in [5, 5.41) is 27.8. The van der Waals surface area contributed by atoms with Gasteiger partial charge in [-0.05, 0) is 11.5 Å². The standard InChI is InChI=1S/C13H16N4O3/c1-9(2)13-12(8-18)14-15-16(13)7-10-3-5-11(6-4-10)17(19)20/h3-6,9,18H,7-8H2,1-2H3. The third-order valence-electron chi connectivity index (χ3n) is 3.02. The number of nitrogens with zero attached hydrogens (tertiary/aromatic N) is 4. The summed E-state index contributed by atoms with van der Waals surface area (Å²) in [5.74, 6) is 0.185. The Labute approximate surface area is 116 Å². The van der Waals surface area contributed by atoms with Crippen molar-refractivity contribution in [3.8, 4) is 0 Å². The van der Waals surface area contributed by atoms with Crippen molar-refractivity contribution in [3.05, 3.63) is 51.3 Å². The molecule has 0 bridgehead atoms. The summed E-state index contributed by atoms with van der Waals surface area (Å²) in [7, 11) is 0. The normalized spacial score (nSPS) is 11.0. The summed E-state index contributed by atoms with van der Waals surface area (Å²) in [5.41, 5.74) is 2.41. The van der Waals surface area contributed by atoms with Crippen LogP contribution in [0.15, 0.2) is 24.3 Å². The molecule has 0 saturated carbocycles. The average Bonchev–Trinajstić information content (AvgIpc) is 2.82. The van der Waals surface area contributed by atoms with E-state index in [2.05, 4.69) is 10.3 Å². The zero-order valence-electron chi connectivity index (χ0n) is 11.4. The molecule has 7 heteroatoms. The molecule has 20 heavy (non-hydrogen) atoms. The van der Waals surface area contributed by atoms with Crippen LogP contribution >= 0.6 is 0 Å². The number of aromatic nitrogens is 3. The molecule has 1 aromatic heterocycles. The number of aliphatic hydroxyl groups excluding tert-OH is 1. The molecular weight excluding hydrogens is 260 g/mol. The summed E-state index contributed by atoms with van der Waals surface area (Å²) >= 11 is 0. The number of non-ortho nitro benzene ring substituents is 1. The number of nitro benzene ring substituents is 1. The van der Waals surface area contributed by atoms with Gasteiger partial charge in [-0.15, -0.1) is 5.10 Å². The molecule has 0 unspecified atom stereocenters. The molecule has 1 N–H and O–H groups in total. The lowest BCUT2D eigenvalue weighted by molar-refractivity contribution is -0.384. The van der Waals surface area contributed by atoms with E-state index in [1.54, 1.807) is 16.8 Å². The molecule has 0 spiro atoms. The van der Waals surface area contributed by atoms with Gasteiger partial charge in [0, 0.05) is 12.1 Å². The Hall–Kier alpha value is -2.28. The van der Waals surface area contributed by atoms with Crippen molar-refractivity contribution in [2.45, 2.75) is 32.9 Å². The molecule has 1 aromatic carbocycles. The van der Waals surface area contributed by atoms with Crippen LogP contribution in [0.1, 0.15) is 36.7 Å². The molecule has 106 valence electrons. The minimum atomic E-state index is -0.428. The van der Waals surface area contributed by atoms with Crippen LogP contribution in [0.4, 0.5) is 5.69 Å². The molecule has 0 amide bonds. The predicted octanol–water partition coefficient (Wildman–Crippen LogP) is 1.85. The Kier molecular flexibility index (Phi) is 4.09. The van der Waals surface area contributed by atoms with Crippen LogP contribution in [0, 0.1) is 10.1 Å². The van der Waals surface area contributed by atoms with Crippen LogP contribution in [0.5, 0.6) is 0 Å². The molecule has 0 aliphatic rings. The highest BCUT2D eigenvalue weighted by Gasteiger charge is 2.15. The third-order valence-corrected chi connectivity index (χ3v) is 3.02. The highest BCUT2D eigenvalue weighted by Crippen LogP contribution is 2.19. The van der Waals surface area contributed by atoms with Crippen molar-refractivity contribution < 1.29 is 10.0 Å². The van der Waals surface area contributed by atoms with Gasteiger partial charge in [0.05, 0.1) is 23.8 Å². The number of nitro groups is 1. The second-order valence-electron chi connectivity index (χ2n) is 4.82. The molecule has 1 heterocycles. The largest absolute Gasteiger partial charge is 0.390 e. The minimum Gasteiger partial charge on any atom is -0.390 e. The van der Waals surface area contributed by atoms with Crippen LogP contribution in [0.2, 0.25) is 0 Å². The highest BCUT2D eigenvalue weighted by molar-refractivity contribution is 5.33. The van der Waals surface area contributed by atoms with Crippen molar-refractivity contribution in [1.82, 2.24) is 15.0 Å². The lowest BCUT2D eigenvalue weighted by Gasteiger charge is -2.10. The Morgan fingerprint density at radius 1 is 1.35 bits per heavy atom. The zero-order valence-corrected chi connectivity index (χ0v) is 11.4. The summed E-state index contributed by atoms with van der Waals surface area (Å²) in [6.45, 7) is 4.33. The lowest BCUT2D eigenvalue weighted by Crippen LogP contribution is -2.09. The van der Waals surface area contributed by atoms with E-state index in [4.69, 9.17) is 0 Å². The SMILES string of the molecule is CC(C)c1c(CO)nnn1Cc1ccc([N+](=O)[O-])cc1. The van der Waals surface area contributed by atoms with Gasteiger partial charge in [-0.2, -0.15) is 0 Å². The summed E-state index contributed by atoms with van der Waals surface area (Å²) in [6, 6.07) is 6.33. The van der Waals surface area contributed by atoms with Gasteiger partial charge in [0.1, 0.15) is 5.69 Å². The van der Waals surface area contributed by atoms with Crippen molar-refractivity contribution in [3.63, 3.8) is 0 Å². The van der Waals surface area contributed by atoms with E-state index in [0.29, 0.717) is 12.2 Å². The molecule has 2 aromatic rings. The first kappa shape index (κ1) is 14.1. The Bertz CT molecular complexity index is 605. The van der Waals surface area contributed by atoms with Crippen molar-refractivity contribution >= 4 is 5.69 Å². The van der Waals surface area contributed by atoms with Gasteiger partial charge in [-0.25, -0.2) is 4.68 Å². The smallest absolute Gasteiger partial charge is 0.269 e. The molecule has 7 nitrogen and oxygen atoms in total. The van der Waals surface area contributed by atoms with Gasteiger partial charge in [0.15, 0.2) is 0 Å². The summed E-state index contributed by atoms with van der Waals surface area (Å²) < 4.78 is 1.72. The van der Waals surface area contributed by atoms with Crippen LogP contribution in [0.3, 0.4) is 0 Å². The van der Waals surface area contributed by atoms with Gasteiger partial charge < -0.3 is 5.11 Å². The maximum Gasteiger partial charge on any atom is 0.269 e. The highest BCUT2D eigenvalue weighted by atomic mass is 16.6. The van der Waals surface area contributed by atoms with E-state index in [0.717, 1.165) is 11.3 Å². The molecular formula is C13H16N4O3. The fraction of sp³-hybridized carbons (Fsp3) is 0.385. The van der Waals surface area contributed by atoms with Crippen LogP contribution in [0.25, 0.3) is 0 Å². The summed E-state index contributed by atoms with van der Waals surface area (Å²) in [6.07, 6.45) is 0. The van der Waals surface area contributed by atoms with Crippen LogP contribution < -0.4 is 0 Å². The average molecular weight is 276 g/mol. The first-order valence-corrected chi connectivity index (χ1v) is 6.29. The predicted molar refractivity (Wildman–Crippen MR) is 72.2 cm³/mol. The van der Waals surface area contributed by atoms with Crippen molar-refractivity contribution in [2.75, 3.05) is 0 Å². The van der Waals surface area contributed by atoms with E-state index in [-0.39, 0.29) is 18.2 Å². The van der Waals surface area contributed by atoms with Gasteiger partial charge >= 0.3 is 0 Å². The second kappa shape index (κ2) is 5.79. The number of aliphatic hydroxyl groups is 1. The second-order valence-corrected chi connectivity index (χ2v) is 4.82. The topological polar surface area (TPSA) is 94.1 Å². The van der Waals surface area contributed by atoms with Gasteiger partial charge in [0.2, 0.25) is 0 Å². The number of rotatable bonds is 5. The number of hydrogen-bond acceptors (Lipinski definition) is 5. The first-order chi connectivity index (χ1) is 9.52. The van der Waals surface area contributed by atoms with E-state index < -0.39 is 4.92 Å². The molecule has 2 rings (SSSR count). The monoisotopic (exact) mass is 276 g/mol. The fourth-order valence-corrected chi connectivity index (χ4v) is 2.11. The van der Waals surface area contributed by atoms with Gasteiger partial charge in [-0.3, -0.25) is 10.1 Å². The van der Waals surface area contributed by atoms with Crippen molar-refractivity contribution in [2.24, 2.45) is 0 Å². The third kappa shape index (κ3) is 2.83. The number of hydrogen-bond donors (Lipinski definition) is 1. The molecule has 0 saturated heterocycles. The lowest BCUT2D eigenvalue weighted by atomic mass is 10.1. The molecule has 0 radical (unpaired) electrons. The Balaban J connectivity index is 2.25. The maximum atomic E-state index is 10.6. The van der Waals surface area contributed by atoms with Crippen LogP contribution in [-0.4, -0.2) is 25.0 Å². The quantitative estimate of drug-likeness (QED) is 0.664. The van der Waals surface area contributed by atoms with E-state index in [1.165, 1.54) is 12.1 Å². The zero-order chi connectivity index (χ0) is 14.7. The van der Waals surface area contributed by atoms with Gasteiger partial charge in [0.25, 0.3) is 5.69 Å². The van der Waals surface area contributed by atoms with E-state index in [1.807, 2.05) is 13.8 Å². The Morgan fingerprint density at radius 2 is 2.00 bits per heavy atom. The number of benzene rings is 1. The maximum absolute atomic E-state index is 10.6. The fourth-order valence-electron chi connectivity index (χ4n) is 2.11. The minimum absolute atomic E-state index is 0.0625. The molecule has 0 aliphatic heterocycles. The first-order valence-electron chi connectivity index (χ1n) is 6.29. The van der Waals surface area contributed by atoms with E-state index >= 15 is 0 Å². The van der Waals surface area contributed by atoms with Crippen molar-refractivity contribution in [1.29, 1.82) is 0 Å². The van der Waals surface area contributed by atoms with E-state index in [9.17, 15) is 15.2 Å².